The summed E-state index contributed by atoms with van der Waals surface area (Å²) in [4.78, 5) is 4.76. The van der Waals surface area contributed by atoms with E-state index in [0.29, 0.717) is 21.4 Å². The van der Waals surface area contributed by atoms with Gasteiger partial charge in [-0.15, -0.1) is 0 Å². The van der Waals surface area contributed by atoms with Crippen LogP contribution in [0.15, 0.2) is 78.9 Å². The van der Waals surface area contributed by atoms with E-state index in [4.69, 9.17) is 28.2 Å². The molecule has 0 atom stereocenters. The van der Waals surface area contributed by atoms with Crippen molar-refractivity contribution in [3.63, 3.8) is 0 Å². The number of halogens is 2. The van der Waals surface area contributed by atoms with Crippen LogP contribution in [0.2, 0.25) is 10.0 Å². The quantitative estimate of drug-likeness (QED) is 0.362. The molecule has 0 saturated carbocycles. The summed E-state index contributed by atoms with van der Waals surface area (Å²) in [6, 6.07) is 27.1. The second-order valence-electron chi connectivity index (χ2n) is 6.87. The lowest BCUT2D eigenvalue weighted by molar-refractivity contribution is 1.28. The molecule has 3 nitrogen and oxygen atoms in total. The van der Waals surface area contributed by atoms with Gasteiger partial charge in [-0.25, -0.2) is 4.98 Å². The second-order valence-corrected chi connectivity index (χ2v) is 7.71. The van der Waals surface area contributed by atoms with E-state index in [9.17, 15) is 5.26 Å². The number of nitriles is 1. The molecule has 0 amide bonds. The molecule has 1 N–H and O–H groups in total. The van der Waals surface area contributed by atoms with Crippen molar-refractivity contribution in [3.8, 4) is 28.5 Å². The van der Waals surface area contributed by atoms with E-state index < -0.39 is 0 Å². The fourth-order valence-electron chi connectivity index (χ4n) is 3.18. The molecule has 4 aromatic rings. The molecule has 5 heteroatoms. The van der Waals surface area contributed by atoms with Gasteiger partial charge in [0.05, 0.1) is 5.69 Å². The number of hydrogen-bond donors (Lipinski definition) is 1. The molecule has 1 heterocycles. The van der Waals surface area contributed by atoms with E-state index >= 15 is 0 Å². The molecule has 1 aromatic heterocycles. The van der Waals surface area contributed by atoms with Crippen molar-refractivity contribution < 1.29 is 0 Å². The summed E-state index contributed by atoms with van der Waals surface area (Å²) in [5.74, 6) is 0.476. The predicted octanol–water partition coefficient (Wildman–Crippen LogP) is 7.65. The van der Waals surface area contributed by atoms with E-state index in [1.807, 2.05) is 85.8 Å². The van der Waals surface area contributed by atoms with Crippen LogP contribution in [-0.2, 0) is 0 Å². The van der Waals surface area contributed by atoms with Crippen LogP contribution in [0.3, 0.4) is 0 Å². The molecule has 0 aliphatic heterocycles. The Hall–Kier alpha value is -3.32. The van der Waals surface area contributed by atoms with Crippen LogP contribution in [0.1, 0.15) is 11.1 Å². The number of nitrogens with zero attached hydrogens (tertiary/aromatic N) is 2. The van der Waals surface area contributed by atoms with Gasteiger partial charge in [-0.05, 0) is 43.3 Å². The molecule has 0 bridgehead atoms. The zero-order chi connectivity index (χ0) is 21.1. The lowest BCUT2D eigenvalue weighted by atomic mass is 9.98. The first kappa shape index (κ1) is 20.0. The zero-order valence-electron chi connectivity index (χ0n) is 16.2. The highest BCUT2D eigenvalue weighted by Gasteiger charge is 2.17. The molecule has 0 fully saturated rings. The number of nitrogens with one attached hydrogen (secondary N) is 1. The van der Waals surface area contributed by atoms with Crippen LogP contribution in [0.4, 0.5) is 11.5 Å². The van der Waals surface area contributed by atoms with Gasteiger partial charge in [-0.1, -0.05) is 71.2 Å². The minimum Gasteiger partial charge on any atom is -0.339 e. The predicted molar refractivity (Wildman–Crippen MR) is 124 cm³/mol. The maximum Gasteiger partial charge on any atom is 0.149 e. The number of anilines is 2. The Labute approximate surface area is 185 Å². The lowest BCUT2D eigenvalue weighted by Crippen LogP contribution is -2.01. The summed E-state index contributed by atoms with van der Waals surface area (Å²) < 4.78 is 0. The van der Waals surface area contributed by atoms with Crippen LogP contribution in [0.5, 0.6) is 0 Å². The first-order chi connectivity index (χ1) is 14.5. The van der Waals surface area contributed by atoms with Crippen molar-refractivity contribution in [1.29, 1.82) is 5.26 Å². The number of rotatable bonds is 4. The lowest BCUT2D eigenvalue weighted by Gasteiger charge is -2.15. The molecule has 30 heavy (non-hydrogen) atoms. The topological polar surface area (TPSA) is 48.7 Å². The van der Waals surface area contributed by atoms with Gasteiger partial charge in [0.25, 0.3) is 0 Å². The standard InChI is InChI=1S/C25H17Cl2N3/c1-16-6-12-19(13-7-16)29-25-22(15-28)21(20-4-2-3-5-23(20)27)14-24(30-25)17-8-10-18(26)11-9-17/h2-14H,1H3,(H,29,30). The van der Waals surface area contributed by atoms with Gasteiger partial charge in [0.2, 0.25) is 0 Å². The van der Waals surface area contributed by atoms with Crippen molar-refractivity contribution in [2.24, 2.45) is 0 Å². The third-order valence-electron chi connectivity index (χ3n) is 4.75. The van der Waals surface area contributed by atoms with E-state index in [1.54, 1.807) is 0 Å². The van der Waals surface area contributed by atoms with Gasteiger partial charge in [-0.3, -0.25) is 0 Å². The second kappa shape index (κ2) is 8.59. The number of pyridine rings is 1. The molecule has 0 aliphatic carbocycles. The average Bonchev–Trinajstić information content (AvgIpc) is 2.76. The minimum absolute atomic E-state index is 0.432. The largest absolute Gasteiger partial charge is 0.339 e. The molecule has 3 aromatic carbocycles. The Morgan fingerprint density at radius 3 is 2.23 bits per heavy atom. The normalized spacial score (nSPS) is 10.5. The zero-order valence-corrected chi connectivity index (χ0v) is 17.7. The third kappa shape index (κ3) is 4.16. The molecule has 0 saturated heterocycles. The summed E-state index contributed by atoms with van der Waals surface area (Å²) in [6.07, 6.45) is 0. The Morgan fingerprint density at radius 1 is 0.867 bits per heavy atom. The highest BCUT2D eigenvalue weighted by Crippen LogP contribution is 2.36. The Balaban J connectivity index is 1.93. The van der Waals surface area contributed by atoms with Gasteiger partial charge in [0, 0.05) is 32.4 Å². The first-order valence-electron chi connectivity index (χ1n) is 9.35. The van der Waals surface area contributed by atoms with Crippen LogP contribution in [0.25, 0.3) is 22.4 Å². The smallest absolute Gasteiger partial charge is 0.149 e. The number of aromatic nitrogens is 1. The molecule has 0 radical (unpaired) electrons. The van der Waals surface area contributed by atoms with Gasteiger partial charge < -0.3 is 5.32 Å². The van der Waals surface area contributed by atoms with Gasteiger partial charge in [0.15, 0.2) is 0 Å². The van der Waals surface area contributed by atoms with Gasteiger partial charge in [-0.2, -0.15) is 5.26 Å². The highest BCUT2D eigenvalue weighted by molar-refractivity contribution is 6.33. The van der Waals surface area contributed by atoms with Crippen LogP contribution in [0, 0.1) is 18.3 Å². The Bertz CT molecular complexity index is 1240. The Morgan fingerprint density at radius 2 is 1.57 bits per heavy atom. The molecular weight excluding hydrogens is 413 g/mol. The molecule has 0 unspecified atom stereocenters. The first-order valence-corrected chi connectivity index (χ1v) is 10.1. The maximum atomic E-state index is 9.98. The maximum absolute atomic E-state index is 9.98. The molecule has 146 valence electrons. The van der Waals surface area contributed by atoms with Crippen LogP contribution < -0.4 is 5.32 Å². The summed E-state index contributed by atoms with van der Waals surface area (Å²) >= 11 is 12.5. The molecule has 0 aliphatic rings. The summed E-state index contributed by atoms with van der Waals surface area (Å²) in [5.41, 5.74) is 5.54. The van der Waals surface area contributed by atoms with Crippen molar-refractivity contribution >= 4 is 34.7 Å². The minimum atomic E-state index is 0.432. The summed E-state index contributed by atoms with van der Waals surface area (Å²) in [5, 5.41) is 14.5. The summed E-state index contributed by atoms with van der Waals surface area (Å²) in [7, 11) is 0. The number of hydrogen-bond acceptors (Lipinski definition) is 3. The van der Waals surface area contributed by atoms with E-state index in [1.165, 1.54) is 0 Å². The highest BCUT2D eigenvalue weighted by atomic mass is 35.5. The fourth-order valence-corrected chi connectivity index (χ4v) is 3.55. The molecule has 4 rings (SSSR count). The summed E-state index contributed by atoms with van der Waals surface area (Å²) in [6.45, 7) is 2.03. The van der Waals surface area contributed by atoms with E-state index in [0.717, 1.165) is 33.6 Å². The van der Waals surface area contributed by atoms with Gasteiger partial charge in [0.1, 0.15) is 17.5 Å². The number of benzene rings is 3. The van der Waals surface area contributed by atoms with Crippen LogP contribution in [-0.4, -0.2) is 4.98 Å². The van der Waals surface area contributed by atoms with Crippen molar-refractivity contribution in [1.82, 2.24) is 4.98 Å². The molecular formula is C25H17Cl2N3. The van der Waals surface area contributed by atoms with Crippen molar-refractivity contribution in [2.45, 2.75) is 6.92 Å². The SMILES string of the molecule is Cc1ccc(Nc2nc(-c3ccc(Cl)cc3)cc(-c3ccccc3Cl)c2C#N)cc1. The van der Waals surface area contributed by atoms with Crippen molar-refractivity contribution in [2.75, 3.05) is 5.32 Å². The third-order valence-corrected chi connectivity index (χ3v) is 5.33. The van der Waals surface area contributed by atoms with Crippen molar-refractivity contribution in [3.05, 3.63) is 100 Å². The van der Waals surface area contributed by atoms with E-state index in [-0.39, 0.29) is 0 Å². The Kier molecular flexibility index (Phi) is 5.72. The van der Waals surface area contributed by atoms with Crippen LogP contribution >= 0.6 is 23.2 Å². The average molecular weight is 430 g/mol. The number of aryl methyl sites for hydroxylation is 1. The monoisotopic (exact) mass is 429 g/mol. The molecule has 0 spiro atoms. The van der Waals surface area contributed by atoms with E-state index in [2.05, 4.69) is 11.4 Å². The fraction of sp³-hybridized carbons (Fsp3) is 0.0400. The van der Waals surface area contributed by atoms with Gasteiger partial charge >= 0.3 is 0 Å².